The number of furan rings is 1. The van der Waals surface area contributed by atoms with E-state index < -0.39 is 0 Å². The Labute approximate surface area is 147 Å². The van der Waals surface area contributed by atoms with Crippen LogP contribution in [0.3, 0.4) is 0 Å². The minimum atomic E-state index is -0.288. The first-order valence-electron chi connectivity index (χ1n) is 9.08. The fourth-order valence-corrected chi connectivity index (χ4v) is 4.61. The van der Waals surface area contributed by atoms with Crippen molar-refractivity contribution in [3.05, 3.63) is 29.5 Å². The second-order valence-corrected chi connectivity index (χ2v) is 7.52. The number of ether oxygens (including phenoxy) is 1. The molecule has 1 aliphatic carbocycles. The number of carbonyl (C=O) groups excluding carboxylic acids is 1. The predicted molar refractivity (Wildman–Crippen MR) is 94.9 cm³/mol. The van der Waals surface area contributed by atoms with Crippen LogP contribution in [0, 0.1) is 12.3 Å². The third-order valence-electron chi connectivity index (χ3n) is 6.09. The lowest BCUT2D eigenvalue weighted by Gasteiger charge is -2.42. The topological polar surface area (TPSA) is 62.9 Å². The highest BCUT2D eigenvalue weighted by atomic mass is 16.5. The molecule has 25 heavy (non-hydrogen) atoms. The maximum atomic E-state index is 13.1. The number of nitrogens with zero attached hydrogens (tertiary/aromatic N) is 1. The fraction of sp³-hybridized carbons (Fsp3) is 0.550. The van der Waals surface area contributed by atoms with Crippen molar-refractivity contribution in [3.8, 4) is 5.75 Å². The monoisotopic (exact) mass is 343 g/mol. The molecule has 2 aliphatic rings. The van der Waals surface area contributed by atoms with Crippen LogP contribution in [-0.4, -0.2) is 42.2 Å². The highest BCUT2D eigenvalue weighted by Gasteiger charge is 2.46. The Morgan fingerprint density at radius 2 is 2.16 bits per heavy atom. The average Bonchev–Trinajstić information content (AvgIpc) is 3.14. The van der Waals surface area contributed by atoms with Gasteiger partial charge in [-0.15, -0.1) is 0 Å². The van der Waals surface area contributed by atoms with E-state index in [2.05, 4.69) is 0 Å². The van der Waals surface area contributed by atoms with Crippen molar-refractivity contribution in [1.82, 2.24) is 4.90 Å². The van der Waals surface area contributed by atoms with Crippen LogP contribution in [0.2, 0.25) is 0 Å². The van der Waals surface area contributed by atoms with Crippen LogP contribution < -0.4 is 4.74 Å². The molecule has 4 rings (SSSR count). The van der Waals surface area contributed by atoms with Gasteiger partial charge in [0.15, 0.2) is 5.76 Å². The molecular formula is C20H25NO4. The minimum Gasteiger partial charge on any atom is -0.497 e. The molecule has 1 N–H and O–H groups in total. The lowest BCUT2D eigenvalue weighted by Crippen LogP contribution is -2.49. The highest BCUT2D eigenvalue weighted by Crippen LogP contribution is 2.45. The highest BCUT2D eigenvalue weighted by molar-refractivity contribution is 5.99. The van der Waals surface area contributed by atoms with Crippen LogP contribution in [-0.2, 0) is 0 Å². The Morgan fingerprint density at radius 3 is 2.88 bits per heavy atom. The molecule has 1 amide bonds. The third-order valence-corrected chi connectivity index (χ3v) is 6.09. The SMILES string of the molecule is COc1ccc2c(C)c(C(=O)N3CCC[C@@]4(CCC[C@H]4O)C3)oc2c1. The Balaban J connectivity index is 1.64. The summed E-state index contributed by atoms with van der Waals surface area (Å²) in [6, 6.07) is 5.63. The van der Waals surface area contributed by atoms with Crippen LogP contribution in [0.15, 0.2) is 22.6 Å². The summed E-state index contributed by atoms with van der Waals surface area (Å²) in [6.45, 7) is 3.29. The number of piperidine rings is 1. The molecule has 2 aromatic rings. The number of methoxy groups -OCH3 is 1. The summed E-state index contributed by atoms with van der Waals surface area (Å²) in [7, 11) is 1.61. The van der Waals surface area contributed by atoms with Gasteiger partial charge in [0, 0.05) is 35.5 Å². The van der Waals surface area contributed by atoms with E-state index in [1.54, 1.807) is 7.11 Å². The number of hydrogen-bond donors (Lipinski definition) is 1. The van der Waals surface area contributed by atoms with Crippen LogP contribution in [0.1, 0.15) is 48.2 Å². The third kappa shape index (κ3) is 2.61. The number of benzene rings is 1. The van der Waals surface area contributed by atoms with Crippen LogP contribution in [0.4, 0.5) is 0 Å². The van der Waals surface area contributed by atoms with Crippen LogP contribution >= 0.6 is 0 Å². The molecule has 134 valence electrons. The van der Waals surface area contributed by atoms with Crippen molar-refractivity contribution in [3.63, 3.8) is 0 Å². The van der Waals surface area contributed by atoms with Gasteiger partial charge in [-0.2, -0.15) is 0 Å². The predicted octanol–water partition coefficient (Wildman–Crippen LogP) is 3.52. The summed E-state index contributed by atoms with van der Waals surface area (Å²) >= 11 is 0. The molecule has 2 fully saturated rings. The molecule has 0 bridgehead atoms. The van der Waals surface area contributed by atoms with Crippen molar-refractivity contribution in [2.24, 2.45) is 5.41 Å². The molecule has 2 heterocycles. The summed E-state index contributed by atoms with van der Waals surface area (Å²) in [4.78, 5) is 15.0. The first kappa shape index (κ1) is 16.5. The number of aliphatic hydroxyl groups excluding tert-OH is 1. The molecule has 1 aromatic heterocycles. The normalized spacial score (nSPS) is 26.5. The zero-order valence-corrected chi connectivity index (χ0v) is 14.9. The number of fused-ring (bicyclic) bond motifs is 1. The second kappa shape index (κ2) is 6.06. The quantitative estimate of drug-likeness (QED) is 0.906. The molecule has 1 saturated heterocycles. The molecule has 0 unspecified atom stereocenters. The van der Waals surface area contributed by atoms with E-state index in [4.69, 9.17) is 9.15 Å². The summed E-state index contributed by atoms with van der Waals surface area (Å²) in [5.41, 5.74) is 1.43. The molecule has 1 saturated carbocycles. The van der Waals surface area contributed by atoms with Gasteiger partial charge in [0.1, 0.15) is 11.3 Å². The standard InChI is InChI=1S/C20H25NO4/c1-13-15-7-6-14(24-2)11-16(15)25-18(13)19(23)21-10-4-9-20(12-21)8-3-5-17(20)22/h6-7,11,17,22H,3-5,8-10,12H2,1-2H3/t17-,20+/m1/s1. The maximum absolute atomic E-state index is 13.1. The molecule has 1 spiro atoms. The lowest BCUT2D eigenvalue weighted by molar-refractivity contribution is -0.00630. The zero-order chi connectivity index (χ0) is 17.6. The van der Waals surface area contributed by atoms with Gasteiger partial charge in [0.05, 0.1) is 13.2 Å². The van der Waals surface area contributed by atoms with Gasteiger partial charge in [-0.1, -0.05) is 6.42 Å². The van der Waals surface area contributed by atoms with Gasteiger partial charge < -0.3 is 19.2 Å². The van der Waals surface area contributed by atoms with Gasteiger partial charge in [-0.3, -0.25) is 4.79 Å². The number of hydrogen-bond acceptors (Lipinski definition) is 4. The van der Waals surface area contributed by atoms with Gasteiger partial charge in [-0.05, 0) is 44.7 Å². The van der Waals surface area contributed by atoms with E-state index in [-0.39, 0.29) is 17.4 Å². The fourth-order valence-electron chi connectivity index (χ4n) is 4.61. The summed E-state index contributed by atoms with van der Waals surface area (Å²) in [6.07, 6.45) is 4.57. The average molecular weight is 343 g/mol. The molecule has 5 nitrogen and oxygen atoms in total. The van der Waals surface area contributed by atoms with E-state index in [1.807, 2.05) is 30.0 Å². The van der Waals surface area contributed by atoms with Crippen molar-refractivity contribution < 1.29 is 19.1 Å². The van der Waals surface area contributed by atoms with E-state index in [0.29, 0.717) is 23.6 Å². The first-order chi connectivity index (χ1) is 12.0. The number of carbonyl (C=O) groups is 1. The minimum absolute atomic E-state index is 0.0640. The molecule has 5 heteroatoms. The van der Waals surface area contributed by atoms with E-state index in [0.717, 1.165) is 49.6 Å². The van der Waals surface area contributed by atoms with Crippen molar-refractivity contribution in [2.45, 2.75) is 45.1 Å². The van der Waals surface area contributed by atoms with Crippen LogP contribution in [0.5, 0.6) is 5.75 Å². The van der Waals surface area contributed by atoms with Crippen molar-refractivity contribution in [2.75, 3.05) is 20.2 Å². The Kier molecular flexibility index (Phi) is 3.99. The Hall–Kier alpha value is -2.01. The largest absolute Gasteiger partial charge is 0.497 e. The van der Waals surface area contributed by atoms with E-state index >= 15 is 0 Å². The Bertz CT molecular complexity index is 811. The molecule has 0 radical (unpaired) electrons. The first-order valence-corrected chi connectivity index (χ1v) is 9.08. The molecule has 1 aromatic carbocycles. The summed E-state index contributed by atoms with van der Waals surface area (Å²) < 4.78 is 11.1. The summed E-state index contributed by atoms with van der Waals surface area (Å²) in [5.74, 6) is 1.06. The number of likely N-dealkylation sites (tertiary alicyclic amines) is 1. The Morgan fingerprint density at radius 1 is 1.36 bits per heavy atom. The van der Waals surface area contributed by atoms with Gasteiger partial charge in [0.25, 0.3) is 5.91 Å². The molecule has 1 aliphatic heterocycles. The maximum Gasteiger partial charge on any atom is 0.289 e. The summed E-state index contributed by atoms with van der Waals surface area (Å²) in [5, 5.41) is 11.4. The second-order valence-electron chi connectivity index (χ2n) is 7.52. The molecular weight excluding hydrogens is 318 g/mol. The van der Waals surface area contributed by atoms with Crippen molar-refractivity contribution in [1.29, 1.82) is 0 Å². The number of amides is 1. The number of aryl methyl sites for hydroxylation is 1. The van der Waals surface area contributed by atoms with Gasteiger partial charge >= 0.3 is 0 Å². The number of aliphatic hydroxyl groups is 1. The zero-order valence-electron chi connectivity index (χ0n) is 14.9. The lowest BCUT2D eigenvalue weighted by atomic mass is 9.76. The number of rotatable bonds is 2. The van der Waals surface area contributed by atoms with Gasteiger partial charge in [-0.25, -0.2) is 0 Å². The van der Waals surface area contributed by atoms with Crippen molar-refractivity contribution >= 4 is 16.9 Å². The van der Waals surface area contributed by atoms with Gasteiger partial charge in [0.2, 0.25) is 0 Å². The smallest absolute Gasteiger partial charge is 0.289 e. The molecule has 2 atom stereocenters. The van der Waals surface area contributed by atoms with E-state index in [1.165, 1.54) is 0 Å². The van der Waals surface area contributed by atoms with Crippen LogP contribution in [0.25, 0.3) is 11.0 Å². The van der Waals surface area contributed by atoms with E-state index in [9.17, 15) is 9.90 Å².